The first-order valence-electron chi connectivity index (χ1n) is 6.71. The van der Waals surface area contributed by atoms with E-state index >= 15 is 0 Å². The minimum absolute atomic E-state index is 0.255. The zero-order chi connectivity index (χ0) is 11.4. The summed E-state index contributed by atoms with van der Waals surface area (Å²) in [6.45, 7) is 1.41. The van der Waals surface area contributed by atoms with Gasteiger partial charge in [0, 0.05) is 19.5 Å². The third-order valence-electron chi connectivity index (χ3n) is 3.99. The van der Waals surface area contributed by atoms with Crippen LogP contribution < -0.4 is 0 Å². The normalized spacial score (nSPS) is 27.3. The van der Waals surface area contributed by atoms with Crippen LogP contribution in [0.5, 0.6) is 0 Å². The van der Waals surface area contributed by atoms with Crippen molar-refractivity contribution in [3.8, 4) is 0 Å². The maximum Gasteiger partial charge on any atom is 0.222 e. The molecular weight excluding hydrogens is 202 g/mol. The molecule has 1 unspecified atom stereocenters. The van der Waals surface area contributed by atoms with Crippen molar-refractivity contribution in [1.82, 2.24) is 4.90 Å². The monoisotopic (exact) mass is 225 g/mol. The average Bonchev–Trinajstić information content (AvgIpc) is 2.78. The Balaban J connectivity index is 1.70. The highest BCUT2D eigenvalue weighted by molar-refractivity contribution is 5.76. The van der Waals surface area contributed by atoms with Gasteiger partial charge in [0.2, 0.25) is 5.91 Å². The number of amides is 1. The van der Waals surface area contributed by atoms with Crippen LogP contribution >= 0.6 is 0 Å². The number of β-amino-alcohol motifs (C(OH)–C–C–N with tert-alkyl or cyclic N) is 1. The summed E-state index contributed by atoms with van der Waals surface area (Å²) in [7, 11) is 0. The minimum Gasteiger partial charge on any atom is -0.391 e. The molecule has 2 fully saturated rings. The van der Waals surface area contributed by atoms with Gasteiger partial charge in [0.05, 0.1) is 6.10 Å². The summed E-state index contributed by atoms with van der Waals surface area (Å²) in [6.07, 6.45) is 8.60. The maximum absolute atomic E-state index is 11.9. The third-order valence-corrected chi connectivity index (χ3v) is 3.99. The van der Waals surface area contributed by atoms with E-state index in [-0.39, 0.29) is 12.0 Å². The Kier molecular flexibility index (Phi) is 4.22. The SMILES string of the molecule is O=C(CCC1CCCC1)N1CCCC(O)C1. The highest BCUT2D eigenvalue weighted by Gasteiger charge is 2.23. The summed E-state index contributed by atoms with van der Waals surface area (Å²) < 4.78 is 0. The van der Waals surface area contributed by atoms with Crippen LogP contribution in [0.15, 0.2) is 0 Å². The van der Waals surface area contributed by atoms with E-state index in [1.807, 2.05) is 4.90 Å². The molecule has 3 heteroatoms. The quantitative estimate of drug-likeness (QED) is 0.797. The Bertz CT molecular complexity index is 236. The molecule has 0 aromatic rings. The van der Waals surface area contributed by atoms with Gasteiger partial charge in [-0.25, -0.2) is 0 Å². The van der Waals surface area contributed by atoms with Crippen molar-refractivity contribution >= 4 is 5.91 Å². The molecule has 1 aliphatic carbocycles. The molecule has 0 bridgehead atoms. The van der Waals surface area contributed by atoms with E-state index in [1.54, 1.807) is 0 Å². The third kappa shape index (κ3) is 3.21. The maximum atomic E-state index is 11.9. The van der Waals surface area contributed by atoms with Crippen molar-refractivity contribution in [3.63, 3.8) is 0 Å². The summed E-state index contributed by atoms with van der Waals surface area (Å²) in [4.78, 5) is 13.8. The van der Waals surface area contributed by atoms with E-state index in [1.165, 1.54) is 25.7 Å². The lowest BCUT2D eigenvalue weighted by atomic mass is 10.0. The van der Waals surface area contributed by atoms with E-state index in [0.29, 0.717) is 13.0 Å². The minimum atomic E-state index is -0.288. The lowest BCUT2D eigenvalue weighted by Crippen LogP contribution is -2.42. The zero-order valence-electron chi connectivity index (χ0n) is 10.0. The van der Waals surface area contributed by atoms with Crippen molar-refractivity contribution in [2.24, 2.45) is 5.92 Å². The van der Waals surface area contributed by atoms with E-state index in [9.17, 15) is 9.90 Å². The fraction of sp³-hybridized carbons (Fsp3) is 0.923. The van der Waals surface area contributed by atoms with Gasteiger partial charge < -0.3 is 10.0 Å². The van der Waals surface area contributed by atoms with Crippen molar-refractivity contribution < 1.29 is 9.90 Å². The fourth-order valence-corrected chi connectivity index (χ4v) is 2.97. The van der Waals surface area contributed by atoms with Crippen molar-refractivity contribution in [2.45, 2.75) is 57.5 Å². The van der Waals surface area contributed by atoms with Crippen LogP contribution in [0.4, 0.5) is 0 Å². The van der Waals surface area contributed by atoms with Crippen LogP contribution in [0.1, 0.15) is 51.4 Å². The van der Waals surface area contributed by atoms with Gasteiger partial charge in [0.25, 0.3) is 0 Å². The number of likely N-dealkylation sites (tertiary alicyclic amines) is 1. The molecule has 92 valence electrons. The molecule has 16 heavy (non-hydrogen) atoms. The second-order valence-corrected chi connectivity index (χ2v) is 5.32. The predicted octanol–water partition coefficient (Wildman–Crippen LogP) is 1.94. The molecule has 0 aromatic carbocycles. The van der Waals surface area contributed by atoms with E-state index in [0.717, 1.165) is 31.7 Å². The molecular formula is C13H23NO2. The average molecular weight is 225 g/mol. The van der Waals surface area contributed by atoms with Gasteiger partial charge in [-0.05, 0) is 25.2 Å². The van der Waals surface area contributed by atoms with Crippen LogP contribution in [0.3, 0.4) is 0 Å². The van der Waals surface area contributed by atoms with Crippen LogP contribution in [0, 0.1) is 5.92 Å². The summed E-state index contributed by atoms with van der Waals surface area (Å²) in [6, 6.07) is 0. The Labute approximate surface area is 97.8 Å². The van der Waals surface area contributed by atoms with Crippen LogP contribution in [0.2, 0.25) is 0 Å². The molecule has 0 aromatic heterocycles. The molecule has 1 saturated carbocycles. The van der Waals surface area contributed by atoms with Crippen LogP contribution in [-0.4, -0.2) is 35.1 Å². The first-order valence-corrected chi connectivity index (χ1v) is 6.71. The highest BCUT2D eigenvalue weighted by Crippen LogP contribution is 2.28. The lowest BCUT2D eigenvalue weighted by Gasteiger charge is -2.30. The van der Waals surface area contributed by atoms with Gasteiger partial charge in [-0.1, -0.05) is 25.7 Å². The van der Waals surface area contributed by atoms with Gasteiger partial charge >= 0.3 is 0 Å². The Morgan fingerprint density at radius 2 is 1.94 bits per heavy atom. The van der Waals surface area contributed by atoms with Gasteiger partial charge in [0.15, 0.2) is 0 Å². The fourth-order valence-electron chi connectivity index (χ4n) is 2.97. The van der Waals surface area contributed by atoms with Gasteiger partial charge in [-0.2, -0.15) is 0 Å². The Hall–Kier alpha value is -0.570. The number of carbonyl (C=O) groups is 1. The smallest absolute Gasteiger partial charge is 0.222 e. The summed E-state index contributed by atoms with van der Waals surface area (Å²) >= 11 is 0. The van der Waals surface area contributed by atoms with Gasteiger partial charge in [0.1, 0.15) is 0 Å². The molecule has 1 atom stereocenters. The molecule has 0 radical (unpaired) electrons. The van der Waals surface area contributed by atoms with E-state index < -0.39 is 0 Å². The van der Waals surface area contributed by atoms with Crippen LogP contribution in [-0.2, 0) is 4.79 Å². The molecule has 0 spiro atoms. The zero-order valence-corrected chi connectivity index (χ0v) is 10.0. The predicted molar refractivity (Wildman–Crippen MR) is 63.0 cm³/mol. The highest BCUT2D eigenvalue weighted by atomic mass is 16.3. The molecule has 3 nitrogen and oxygen atoms in total. The molecule has 2 aliphatic rings. The Morgan fingerprint density at radius 1 is 1.19 bits per heavy atom. The summed E-state index contributed by atoms with van der Waals surface area (Å²) in [5.41, 5.74) is 0. The number of aliphatic hydroxyl groups excluding tert-OH is 1. The molecule has 1 heterocycles. The largest absolute Gasteiger partial charge is 0.391 e. The van der Waals surface area contributed by atoms with Crippen molar-refractivity contribution in [3.05, 3.63) is 0 Å². The van der Waals surface area contributed by atoms with Crippen molar-refractivity contribution in [2.75, 3.05) is 13.1 Å². The Morgan fingerprint density at radius 3 is 2.62 bits per heavy atom. The number of nitrogens with zero attached hydrogens (tertiary/aromatic N) is 1. The number of hydrogen-bond acceptors (Lipinski definition) is 2. The summed E-state index contributed by atoms with van der Waals surface area (Å²) in [5.74, 6) is 1.05. The molecule has 1 N–H and O–H groups in total. The van der Waals surface area contributed by atoms with E-state index in [2.05, 4.69) is 0 Å². The molecule has 1 saturated heterocycles. The van der Waals surface area contributed by atoms with Crippen molar-refractivity contribution in [1.29, 1.82) is 0 Å². The number of carbonyl (C=O) groups excluding carboxylic acids is 1. The molecule has 2 rings (SSSR count). The molecule has 1 aliphatic heterocycles. The van der Waals surface area contributed by atoms with E-state index in [4.69, 9.17) is 0 Å². The number of hydrogen-bond donors (Lipinski definition) is 1. The summed E-state index contributed by atoms with van der Waals surface area (Å²) in [5, 5.41) is 9.51. The molecule has 1 amide bonds. The number of piperidine rings is 1. The second-order valence-electron chi connectivity index (χ2n) is 5.32. The lowest BCUT2D eigenvalue weighted by molar-refractivity contribution is -0.134. The first-order chi connectivity index (χ1) is 7.75. The first kappa shape index (κ1) is 11.9. The standard InChI is InChI=1S/C13H23NO2/c15-12-6-3-9-14(10-12)13(16)8-7-11-4-1-2-5-11/h11-12,15H,1-10H2. The number of aliphatic hydroxyl groups is 1. The van der Waals surface area contributed by atoms with Gasteiger partial charge in [-0.3, -0.25) is 4.79 Å². The number of rotatable bonds is 3. The topological polar surface area (TPSA) is 40.5 Å². The second kappa shape index (κ2) is 5.67. The van der Waals surface area contributed by atoms with Gasteiger partial charge in [-0.15, -0.1) is 0 Å². The van der Waals surface area contributed by atoms with Crippen LogP contribution in [0.25, 0.3) is 0 Å².